The predicted octanol–water partition coefficient (Wildman–Crippen LogP) is -0.496. The summed E-state index contributed by atoms with van der Waals surface area (Å²) in [6, 6.07) is 0. The van der Waals surface area contributed by atoms with Crippen LogP contribution in [0, 0.1) is 0 Å². The third kappa shape index (κ3) is 2.59. The molecule has 22 valence electrons. The molecule has 0 saturated carbocycles. The Morgan fingerprint density at radius 2 is 2.25 bits per heavy atom. The maximum atomic E-state index is 9.22. The van der Waals surface area contributed by atoms with Crippen molar-refractivity contribution in [3.63, 3.8) is 0 Å². The molecule has 0 bridgehead atoms. The molecule has 0 amide bonds. The van der Waals surface area contributed by atoms with Gasteiger partial charge in [0.15, 0.2) is 0 Å². The molecule has 0 N–H and O–H groups in total. The molecule has 0 aromatic rings. The first-order valence-electron chi connectivity index (χ1n) is 1.05. The van der Waals surface area contributed by atoms with E-state index in [0.29, 0.717) is 0 Å². The molecular formula is C2H4OPb. The standard InChI is InChI=1S/C2H3O.Pb.H/c1-2-3;;/h2H,1H2;;. The van der Waals surface area contributed by atoms with Crippen LogP contribution >= 0.6 is 0 Å². The topological polar surface area (TPSA) is 17.1 Å². The van der Waals surface area contributed by atoms with Gasteiger partial charge in [-0.25, -0.2) is 0 Å². The second-order valence-electron chi connectivity index (χ2n) is 0.402. The van der Waals surface area contributed by atoms with Crippen molar-refractivity contribution in [3.05, 3.63) is 0 Å². The van der Waals surface area contributed by atoms with Gasteiger partial charge in [0.05, 0.1) is 0 Å². The fourth-order valence-electron chi connectivity index (χ4n) is 0. The van der Waals surface area contributed by atoms with Gasteiger partial charge in [-0.3, -0.25) is 0 Å². The van der Waals surface area contributed by atoms with Crippen molar-refractivity contribution < 1.29 is 4.79 Å². The van der Waals surface area contributed by atoms with E-state index in [1.54, 1.807) is 0 Å². The Balaban J connectivity index is 2.30. The summed E-state index contributed by atoms with van der Waals surface area (Å²) < 4.78 is 0.806. The van der Waals surface area contributed by atoms with E-state index < -0.39 is 0 Å². The Morgan fingerprint density at radius 3 is 2.25 bits per heavy atom. The molecule has 0 unspecified atom stereocenters. The second-order valence-corrected chi connectivity index (χ2v) is 2.23. The third-order valence-corrected chi connectivity index (χ3v) is 0.844. The first kappa shape index (κ1) is 4.59. The van der Waals surface area contributed by atoms with Crippen molar-refractivity contribution in [1.29, 1.82) is 0 Å². The minimum absolute atomic E-state index is 0.806. The zero-order valence-corrected chi connectivity index (χ0v) is 6.76. The first-order chi connectivity index (χ1) is 1.91. The Hall–Kier alpha value is 0.592. The molecule has 0 fully saturated rings. The van der Waals surface area contributed by atoms with E-state index >= 15 is 0 Å². The molecule has 0 saturated heterocycles. The number of hydrogen-bond donors (Lipinski definition) is 0. The van der Waals surface area contributed by atoms with Crippen molar-refractivity contribution >= 4 is 32.1 Å². The molecular weight excluding hydrogens is 247 g/mol. The maximum absolute atomic E-state index is 9.22. The molecule has 1 nitrogen and oxygen atoms in total. The normalized spacial score (nSPS) is 6.25. The Labute approximate surface area is 41.1 Å². The van der Waals surface area contributed by atoms with Gasteiger partial charge in [-0.05, 0) is 0 Å². The number of hydrogen-bond acceptors (Lipinski definition) is 1. The van der Waals surface area contributed by atoms with Crippen LogP contribution in [0.15, 0.2) is 0 Å². The van der Waals surface area contributed by atoms with Crippen molar-refractivity contribution in [2.24, 2.45) is 0 Å². The van der Waals surface area contributed by atoms with Gasteiger partial charge >= 0.3 is 40.8 Å². The molecule has 0 aromatic carbocycles. The third-order valence-electron chi connectivity index (χ3n) is 0.0962. The monoisotopic (exact) mass is 252 g/mol. The van der Waals surface area contributed by atoms with Gasteiger partial charge in [0.2, 0.25) is 0 Å². The van der Waals surface area contributed by atoms with Gasteiger partial charge in [0.25, 0.3) is 0 Å². The Bertz CT molecular complexity index is 20.0. The van der Waals surface area contributed by atoms with Crippen LogP contribution in [0.25, 0.3) is 0 Å². The first-order valence-corrected chi connectivity index (χ1v) is 4.23. The van der Waals surface area contributed by atoms with E-state index in [0.717, 1.165) is 36.0 Å². The van der Waals surface area contributed by atoms with E-state index in [1.807, 2.05) is 0 Å². The molecule has 0 heterocycles. The second kappa shape index (κ2) is 3.59. The molecule has 2 radical (unpaired) electrons. The summed E-state index contributed by atoms with van der Waals surface area (Å²) in [4.78, 5) is 9.22. The van der Waals surface area contributed by atoms with E-state index in [9.17, 15) is 4.79 Å². The van der Waals surface area contributed by atoms with Crippen molar-refractivity contribution in [2.75, 3.05) is 0 Å². The van der Waals surface area contributed by atoms with E-state index in [4.69, 9.17) is 0 Å². The summed E-state index contributed by atoms with van der Waals surface area (Å²) in [5.74, 6) is 0. The molecule has 0 aliphatic carbocycles. The number of carbonyl (C=O) groups is 1. The number of carbonyl (C=O) groups excluding carboxylic acids is 1. The molecule has 0 aliphatic rings. The number of aldehydes is 1. The average Bonchev–Trinajstić information content (AvgIpc) is 1.37. The molecule has 4 heavy (non-hydrogen) atoms. The summed E-state index contributed by atoms with van der Waals surface area (Å²) in [7, 11) is 0. The van der Waals surface area contributed by atoms with Crippen LogP contribution in [0.5, 0.6) is 0 Å². The summed E-state index contributed by atoms with van der Waals surface area (Å²) >= 11 is 0.863. The van der Waals surface area contributed by atoms with Crippen LogP contribution in [0.3, 0.4) is 0 Å². The van der Waals surface area contributed by atoms with E-state index in [1.165, 1.54) is 0 Å². The Morgan fingerprint density at radius 1 is 2.00 bits per heavy atom. The summed E-state index contributed by atoms with van der Waals surface area (Å²) in [6.07, 6.45) is 0.949. The van der Waals surface area contributed by atoms with E-state index in [2.05, 4.69) is 0 Å². The Kier molecular flexibility index (Phi) is 4.12. The summed E-state index contributed by atoms with van der Waals surface area (Å²) in [5, 5.41) is 0. The van der Waals surface area contributed by atoms with Crippen LogP contribution in [0.2, 0.25) is 3.98 Å². The fraction of sp³-hybridized carbons (Fsp3) is 0.500. The zero-order chi connectivity index (χ0) is 3.41. The van der Waals surface area contributed by atoms with E-state index in [-0.39, 0.29) is 0 Å². The van der Waals surface area contributed by atoms with Crippen LogP contribution < -0.4 is 0 Å². The average molecular weight is 251 g/mol. The van der Waals surface area contributed by atoms with Crippen LogP contribution in [0.1, 0.15) is 0 Å². The SMILES string of the molecule is O=C[CH2][PbH]. The predicted molar refractivity (Wildman–Crippen MR) is 18.0 cm³/mol. The van der Waals surface area contributed by atoms with Crippen molar-refractivity contribution in [3.8, 4) is 0 Å². The van der Waals surface area contributed by atoms with Gasteiger partial charge in [-0.15, -0.1) is 0 Å². The van der Waals surface area contributed by atoms with Crippen LogP contribution in [-0.4, -0.2) is 32.1 Å². The van der Waals surface area contributed by atoms with Gasteiger partial charge < -0.3 is 0 Å². The molecule has 0 spiro atoms. The molecule has 0 atom stereocenters. The minimum atomic E-state index is 0.806. The zero-order valence-electron chi connectivity index (χ0n) is 2.27. The van der Waals surface area contributed by atoms with Crippen LogP contribution in [0.4, 0.5) is 0 Å². The van der Waals surface area contributed by atoms with Crippen LogP contribution in [-0.2, 0) is 4.79 Å². The van der Waals surface area contributed by atoms with Crippen molar-refractivity contribution in [1.82, 2.24) is 0 Å². The van der Waals surface area contributed by atoms with Crippen molar-refractivity contribution in [2.45, 2.75) is 3.98 Å². The molecule has 2 heteroatoms. The molecule has 0 aromatic heterocycles. The summed E-state index contributed by atoms with van der Waals surface area (Å²) in [6.45, 7) is 0. The van der Waals surface area contributed by atoms with Gasteiger partial charge in [0, 0.05) is 0 Å². The fourth-order valence-corrected chi connectivity index (χ4v) is 0. The molecule has 0 aliphatic heterocycles. The van der Waals surface area contributed by atoms with Gasteiger partial charge in [-0.2, -0.15) is 0 Å². The van der Waals surface area contributed by atoms with Gasteiger partial charge in [-0.1, -0.05) is 0 Å². The number of rotatable bonds is 1. The quantitative estimate of drug-likeness (QED) is 0.454. The summed E-state index contributed by atoms with van der Waals surface area (Å²) in [5.41, 5.74) is 0. The van der Waals surface area contributed by atoms with Gasteiger partial charge in [0.1, 0.15) is 0 Å². The molecule has 0 rings (SSSR count).